The van der Waals surface area contributed by atoms with Crippen LogP contribution in [0.15, 0.2) is 114 Å². The number of allylic oxidation sites excluding steroid dienone is 1. The zero-order chi connectivity index (χ0) is 50.1. The summed E-state index contributed by atoms with van der Waals surface area (Å²) in [4.78, 5) is 47.5. The number of nitro groups is 1. The Morgan fingerprint density at radius 3 is 2.34 bits per heavy atom. The van der Waals surface area contributed by atoms with Gasteiger partial charge in [0.05, 0.1) is 43.1 Å². The topological polar surface area (TPSA) is 201 Å². The number of carbonyl (C=O) groups excluding carboxylic acids is 2. The summed E-state index contributed by atoms with van der Waals surface area (Å²) >= 11 is 0. The number of aliphatic hydroxyl groups excluding tert-OH is 2. The number of aliphatic hydroxyl groups is 2. The van der Waals surface area contributed by atoms with Crippen LogP contribution in [-0.2, 0) is 27.5 Å². The number of oxime groups is 1. The predicted molar refractivity (Wildman–Crippen MR) is 262 cm³/mol. The number of nitrogens with zero attached hydrogens (tertiary/aromatic N) is 3. The van der Waals surface area contributed by atoms with Crippen LogP contribution in [0.4, 0.5) is 20.6 Å². The normalized spacial score (nSPS) is 22.5. The van der Waals surface area contributed by atoms with Crippen LogP contribution >= 0.6 is 0 Å². The van der Waals surface area contributed by atoms with Gasteiger partial charge in [0.25, 0.3) is 5.69 Å². The fourth-order valence-electron chi connectivity index (χ4n) is 10.4. The first-order chi connectivity index (χ1) is 34.5. The molecule has 0 unspecified atom stereocenters. The SMILES string of the molecule is C=CCO[C@@]12Oc3ccc(OC(=O)Nc4ccc(OC)cc4OC)cc3[C@H]3[C@H](CCCCO)[C@@H](CCCCO)C=C(C(=NOCc4ccc([N+](=O)[O-])cc4)C[C@@H]1N(Cc1ccc(F)cc1)C(=O)C1CC1)[C@H]32. The van der Waals surface area contributed by atoms with E-state index in [2.05, 4.69) is 18.0 Å². The molecule has 0 spiro atoms. The van der Waals surface area contributed by atoms with Gasteiger partial charge in [0.15, 0.2) is 0 Å². The minimum atomic E-state index is -1.57. The Kier molecular flexibility index (Phi) is 16.3. The van der Waals surface area contributed by atoms with Crippen LogP contribution < -0.4 is 24.3 Å². The Morgan fingerprint density at radius 2 is 1.66 bits per heavy atom. The molecule has 0 saturated heterocycles. The zero-order valence-corrected chi connectivity index (χ0v) is 40.0. The van der Waals surface area contributed by atoms with Crippen molar-refractivity contribution < 1.29 is 57.6 Å². The van der Waals surface area contributed by atoms with E-state index >= 15 is 0 Å². The van der Waals surface area contributed by atoms with Gasteiger partial charge in [-0.05, 0) is 122 Å². The van der Waals surface area contributed by atoms with Crippen molar-refractivity contribution in [2.75, 3.05) is 39.4 Å². The van der Waals surface area contributed by atoms with Crippen LogP contribution in [0.1, 0.15) is 80.4 Å². The largest absolute Gasteiger partial charge is 0.497 e. The quantitative estimate of drug-likeness (QED) is 0.0276. The lowest BCUT2D eigenvalue weighted by Gasteiger charge is -2.60. The van der Waals surface area contributed by atoms with Crippen LogP contribution in [0.3, 0.4) is 0 Å². The van der Waals surface area contributed by atoms with E-state index in [1.165, 1.54) is 38.5 Å². The molecule has 3 aliphatic carbocycles. The first-order valence-corrected chi connectivity index (χ1v) is 24.2. The lowest BCUT2D eigenvalue weighted by molar-refractivity contribution is -0.384. The Balaban J connectivity index is 1.29. The Morgan fingerprint density at radius 1 is 0.944 bits per heavy atom. The first-order valence-electron chi connectivity index (χ1n) is 24.2. The van der Waals surface area contributed by atoms with Gasteiger partial charge in [-0.2, -0.15) is 0 Å². The molecule has 4 aliphatic rings. The van der Waals surface area contributed by atoms with Crippen molar-refractivity contribution in [1.29, 1.82) is 0 Å². The minimum Gasteiger partial charge on any atom is -0.497 e. The number of anilines is 1. The Bertz CT molecular complexity index is 2600. The smallest absolute Gasteiger partial charge is 0.417 e. The highest BCUT2D eigenvalue weighted by Crippen LogP contribution is 2.62. The number of methoxy groups -OCH3 is 2. The van der Waals surface area contributed by atoms with Crippen molar-refractivity contribution in [1.82, 2.24) is 4.90 Å². The Labute approximate surface area is 412 Å². The number of rotatable bonds is 23. The molecule has 2 saturated carbocycles. The zero-order valence-electron chi connectivity index (χ0n) is 40.0. The molecule has 6 atom stereocenters. The second-order valence-electron chi connectivity index (χ2n) is 18.4. The van der Waals surface area contributed by atoms with Crippen molar-refractivity contribution >= 4 is 29.1 Å². The van der Waals surface area contributed by atoms with Crippen LogP contribution in [0.5, 0.6) is 23.0 Å². The van der Waals surface area contributed by atoms with Gasteiger partial charge in [-0.3, -0.25) is 20.2 Å². The fraction of sp³-hybridized carbons (Fsp3) is 0.426. The van der Waals surface area contributed by atoms with E-state index in [-0.39, 0.29) is 74.5 Å². The molecule has 0 bridgehead atoms. The summed E-state index contributed by atoms with van der Waals surface area (Å²) < 4.78 is 45.7. The van der Waals surface area contributed by atoms with Gasteiger partial charge in [0.2, 0.25) is 11.7 Å². The molecule has 71 heavy (non-hydrogen) atoms. The minimum absolute atomic E-state index is 0.00183. The third-order valence-electron chi connectivity index (χ3n) is 13.9. The van der Waals surface area contributed by atoms with Gasteiger partial charge < -0.3 is 43.6 Å². The molecule has 3 N–H and O–H groups in total. The van der Waals surface area contributed by atoms with E-state index < -0.39 is 40.5 Å². The fourth-order valence-corrected chi connectivity index (χ4v) is 10.4. The van der Waals surface area contributed by atoms with Crippen molar-refractivity contribution in [2.24, 2.45) is 28.8 Å². The number of unbranched alkanes of at least 4 members (excludes halogenated alkanes) is 2. The van der Waals surface area contributed by atoms with Gasteiger partial charge in [-0.15, -0.1) is 6.58 Å². The number of amides is 2. The number of non-ortho nitro benzene ring substituents is 1. The number of hydrogen-bond donors (Lipinski definition) is 3. The average molecular weight is 977 g/mol. The number of ether oxygens (including phenoxy) is 5. The van der Waals surface area contributed by atoms with Crippen molar-refractivity contribution in [3.05, 3.63) is 142 Å². The third kappa shape index (κ3) is 11.4. The molecular formula is C54H61FN4O12. The first kappa shape index (κ1) is 50.6. The number of fused-ring (bicyclic) bond motifs is 2. The number of benzene rings is 4. The highest BCUT2D eigenvalue weighted by Gasteiger charge is 2.66. The maximum absolute atomic E-state index is 14.9. The second-order valence-corrected chi connectivity index (χ2v) is 18.4. The van der Waals surface area contributed by atoms with Crippen molar-refractivity contribution in [3.8, 4) is 23.0 Å². The summed E-state index contributed by atoms with van der Waals surface area (Å²) in [7, 11) is 3.01. The maximum atomic E-state index is 14.9. The highest BCUT2D eigenvalue weighted by molar-refractivity contribution is 6.03. The molecule has 16 nitrogen and oxygen atoms in total. The number of halogens is 1. The second kappa shape index (κ2) is 22.9. The molecule has 1 heterocycles. The van der Waals surface area contributed by atoms with Gasteiger partial charge in [-0.25, -0.2) is 9.18 Å². The number of nitro benzene ring substituents is 1. The third-order valence-corrected chi connectivity index (χ3v) is 13.9. The van der Waals surface area contributed by atoms with E-state index in [0.29, 0.717) is 91.1 Å². The average Bonchev–Trinajstić information content (AvgIpc) is 4.23. The van der Waals surface area contributed by atoms with Crippen LogP contribution in [-0.4, -0.2) is 83.6 Å². The molecule has 0 radical (unpaired) electrons. The van der Waals surface area contributed by atoms with Gasteiger partial charge >= 0.3 is 6.09 Å². The summed E-state index contributed by atoms with van der Waals surface area (Å²) in [5, 5.41) is 39.1. The molecule has 0 aromatic heterocycles. The van der Waals surface area contributed by atoms with Crippen LogP contribution in [0.2, 0.25) is 0 Å². The van der Waals surface area contributed by atoms with E-state index in [1.54, 1.807) is 65.6 Å². The summed E-state index contributed by atoms with van der Waals surface area (Å²) in [6, 6.07) is 21.4. The molecule has 8 rings (SSSR count). The monoisotopic (exact) mass is 976 g/mol. The van der Waals surface area contributed by atoms with E-state index in [9.17, 15) is 34.3 Å². The summed E-state index contributed by atoms with van der Waals surface area (Å²) in [5.74, 6) is -2.05. The summed E-state index contributed by atoms with van der Waals surface area (Å²) in [6.45, 7) is 4.17. The Hall–Kier alpha value is -6.82. The number of carbonyl (C=O) groups is 2. The molecule has 17 heteroatoms. The van der Waals surface area contributed by atoms with Crippen molar-refractivity contribution in [3.63, 3.8) is 0 Å². The molecule has 2 fully saturated rings. The van der Waals surface area contributed by atoms with Crippen LogP contribution in [0, 0.1) is 39.6 Å². The molecule has 4 aromatic carbocycles. The number of nitrogens with one attached hydrogen (secondary N) is 1. The number of hydrogen-bond acceptors (Lipinski definition) is 13. The predicted octanol–water partition coefficient (Wildman–Crippen LogP) is 9.63. The standard InChI is InChI=1S/C54H61FN4O12/c1-4-27-68-54-49(58(52(62)36-15-16-36)32-34-11-17-38(55)18-12-34)31-46(57-69-33-35-13-19-39(20-14-35)59(64)65)43-28-37(9-5-7-25-60)42(10-6-8-26-61)50(51(43)54)44-29-41(22-24-47(44)71-54)70-53(63)56-45-23-21-40(66-2)30-48(45)67-3/h4,11-14,17-24,28-30,36-37,42,49-51,60-61H,1,5-10,15-16,25-27,31-33H2,2-3H3,(H,56,63)/t37-,42+,49-,50+,51+,54+/m0/s1. The van der Waals surface area contributed by atoms with E-state index in [4.69, 9.17) is 33.7 Å². The molecular weight excluding hydrogens is 916 g/mol. The maximum Gasteiger partial charge on any atom is 0.417 e. The lowest BCUT2D eigenvalue weighted by atomic mass is 9.55. The van der Waals surface area contributed by atoms with Crippen LogP contribution in [0.25, 0.3) is 0 Å². The highest BCUT2D eigenvalue weighted by atomic mass is 19.1. The van der Waals surface area contributed by atoms with Gasteiger partial charge in [0, 0.05) is 61.8 Å². The summed E-state index contributed by atoms with van der Waals surface area (Å²) in [5.41, 5.74) is 3.72. The molecule has 376 valence electrons. The van der Waals surface area contributed by atoms with Gasteiger partial charge in [0.1, 0.15) is 41.5 Å². The molecule has 1 aliphatic heterocycles. The van der Waals surface area contributed by atoms with Gasteiger partial charge in [-0.1, -0.05) is 42.3 Å². The van der Waals surface area contributed by atoms with E-state index in [0.717, 1.165) is 11.1 Å². The van der Waals surface area contributed by atoms with E-state index in [1.807, 2.05) is 6.07 Å². The molecule has 2 amide bonds. The van der Waals surface area contributed by atoms with Crippen molar-refractivity contribution in [2.45, 2.75) is 88.7 Å². The molecule has 4 aromatic rings. The lowest BCUT2D eigenvalue weighted by Crippen LogP contribution is -2.70. The summed E-state index contributed by atoms with van der Waals surface area (Å²) in [6.07, 6.45) is 8.52.